The molecule has 162 valence electrons. The molecule has 3 aromatic heterocycles. The summed E-state index contributed by atoms with van der Waals surface area (Å²) in [6.45, 7) is 0.822. The monoisotopic (exact) mass is 449 g/mol. The van der Waals surface area contributed by atoms with E-state index < -0.39 is 6.09 Å². The van der Waals surface area contributed by atoms with Crippen LogP contribution in [-0.4, -0.2) is 56.2 Å². The average molecular weight is 449 g/mol. The fourth-order valence-electron chi connectivity index (χ4n) is 3.78. The molecule has 4 aromatic rings. The van der Waals surface area contributed by atoms with E-state index in [1.54, 1.807) is 17.8 Å². The first-order valence-corrected chi connectivity index (χ1v) is 11.0. The summed E-state index contributed by atoms with van der Waals surface area (Å²) >= 11 is 1.41. The Labute approximate surface area is 186 Å². The number of rotatable bonds is 4. The molecule has 0 spiro atoms. The van der Waals surface area contributed by atoms with Gasteiger partial charge in [0.05, 0.1) is 27.0 Å². The Balaban J connectivity index is 1.43. The second-order valence-electron chi connectivity index (χ2n) is 7.47. The number of carboxylic acid groups (broad SMARTS) is 1. The molecule has 1 aliphatic rings. The maximum Gasteiger partial charge on any atom is 0.407 e. The number of thiophene rings is 1. The van der Waals surface area contributed by atoms with Crippen LogP contribution in [0.1, 0.15) is 23.2 Å². The summed E-state index contributed by atoms with van der Waals surface area (Å²) in [5.41, 5.74) is 2.36. The highest BCUT2D eigenvalue weighted by Crippen LogP contribution is 2.33. The number of carbonyl (C=O) groups is 2. The van der Waals surface area contributed by atoms with E-state index in [9.17, 15) is 9.59 Å². The van der Waals surface area contributed by atoms with E-state index >= 15 is 0 Å². The van der Waals surface area contributed by atoms with Crippen LogP contribution in [0.5, 0.6) is 5.75 Å². The van der Waals surface area contributed by atoms with Crippen molar-refractivity contribution in [3.05, 3.63) is 53.9 Å². The molecule has 1 saturated heterocycles. The number of benzene rings is 1. The zero-order valence-corrected chi connectivity index (χ0v) is 17.7. The molecule has 2 amide bonds. The zero-order chi connectivity index (χ0) is 22.1. The minimum Gasteiger partial charge on any atom is -0.488 e. The second kappa shape index (κ2) is 8.39. The first kappa shape index (κ1) is 20.1. The van der Waals surface area contributed by atoms with Crippen molar-refractivity contribution < 1.29 is 19.4 Å². The second-order valence-corrected chi connectivity index (χ2v) is 8.38. The molecule has 1 fully saturated rings. The van der Waals surface area contributed by atoms with Crippen LogP contribution in [0.15, 0.2) is 48.4 Å². The Kier molecular flexibility index (Phi) is 5.28. The van der Waals surface area contributed by atoms with E-state index in [1.165, 1.54) is 22.6 Å². The molecule has 1 aliphatic heterocycles. The summed E-state index contributed by atoms with van der Waals surface area (Å²) < 4.78 is 7.07. The Morgan fingerprint density at radius 3 is 2.88 bits per heavy atom. The number of anilines is 1. The van der Waals surface area contributed by atoms with Gasteiger partial charge in [-0.3, -0.25) is 9.78 Å². The fourth-order valence-corrected chi connectivity index (χ4v) is 4.63. The Morgan fingerprint density at radius 2 is 2.06 bits per heavy atom. The number of piperidine rings is 1. The maximum absolute atomic E-state index is 13.1. The van der Waals surface area contributed by atoms with Crippen LogP contribution in [0.2, 0.25) is 0 Å². The number of pyridine rings is 1. The Bertz CT molecular complexity index is 1320. The van der Waals surface area contributed by atoms with Crippen molar-refractivity contribution in [1.82, 2.24) is 19.9 Å². The maximum atomic E-state index is 13.1. The van der Waals surface area contributed by atoms with Crippen LogP contribution in [0.3, 0.4) is 0 Å². The third-order valence-electron chi connectivity index (χ3n) is 5.44. The highest BCUT2D eigenvalue weighted by molar-refractivity contribution is 7.17. The van der Waals surface area contributed by atoms with Gasteiger partial charge in [0.25, 0.3) is 5.91 Å². The quantitative estimate of drug-likeness (QED) is 0.483. The van der Waals surface area contributed by atoms with Crippen molar-refractivity contribution in [1.29, 1.82) is 0 Å². The molecular formula is C22H19N5O4S. The predicted octanol–water partition coefficient (Wildman–Crippen LogP) is 4.01. The lowest BCUT2D eigenvalue weighted by Gasteiger charge is -2.30. The van der Waals surface area contributed by atoms with Crippen molar-refractivity contribution in [3.8, 4) is 5.75 Å². The minimum atomic E-state index is -0.918. The van der Waals surface area contributed by atoms with Gasteiger partial charge in [-0.15, -0.1) is 11.3 Å². The molecule has 32 heavy (non-hydrogen) atoms. The molecule has 0 aliphatic carbocycles. The van der Waals surface area contributed by atoms with Gasteiger partial charge in [0.2, 0.25) is 0 Å². The number of aromatic nitrogens is 3. The van der Waals surface area contributed by atoms with Gasteiger partial charge >= 0.3 is 6.09 Å². The van der Waals surface area contributed by atoms with Gasteiger partial charge < -0.3 is 20.1 Å². The van der Waals surface area contributed by atoms with Crippen LogP contribution < -0.4 is 10.1 Å². The fraction of sp³-hybridized carbons (Fsp3) is 0.227. The SMILES string of the molecule is O=C(Nc1cc2cccnc2cc1OC1CCN(C(=O)O)CC1)c1csc2cncnc12. The number of likely N-dealkylation sites (tertiary alicyclic amines) is 1. The summed E-state index contributed by atoms with van der Waals surface area (Å²) in [4.78, 5) is 38.3. The zero-order valence-electron chi connectivity index (χ0n) is 16.9. The molecule has 10 heteroatoms. The summed E-state index contributed by atoms with van der Waals surface area (Å²) in [6.07, 6.45) is 4.88. The van der Waals surface area contributed by atoms with Crippen molar-refractivity contribution in [2.24, 2.45) is 0 Å². The Hall–Kier alpha value is -3.79. The van der Waals surface area contributed by atoms with Crippen molar-refractivity contribution in [2.75, 3.05) is 18.4 Å². The first-order valence-electron chi connectivity index (χ1n) is 10.1. The van der Waals surface area contributed by atoms with Gasteiger partial charge in [0.1, 0.15) is 18.2 Å². The van der Waals surface area contributed by atoms with Crippen molar-refractivity contribution in [3.63, 3.8) is 0 Å². The number of hydrogen-bond donors (Lipinski definition) is 2. The summed E-state index contributed by atoms with van der Waals surface area (Å²) in [6, 6.07) is 7.40. The normalized spacial score (nSPS) is 14.6. The largest absolute Gasteiger partial charge is 0.488 e. The highest BCUT2D eigenvalue weighted by atomic mass is 32.1. The van der Waals surface area contributed by atoms with Crippen LogP contribution in [0.25, 0.3) is 21.1 Å². The van der Waals surface area contributed by atoms with Crippen molar-refractivity contribution in [2.45, 2.75) is 18.9 Å². The number of fused-ring (bicyclic) bond motifs is 2. The molecule has 5 rings (SSSR count). The molecule has 2 N–H and O–H groups in total. The number of nitrogens with zero attached hydrogens (tertiary/aromatic N) is 4. The molecule has 0 radical (unpaired) electrons. The smallest absolute Gasteiger partial charge is 0.407 e. The lowest BCUT2D eigenvalue weighted by molar-refractivity contribution is 0.0894. The van der Waals surface area contributed by atoms with Gasteiger partial charge in [-0.1, -0.05) is 6.07 Å². The Morgan fingerprint density at radius 1 is 1.22 bits per heavy atom. The molecule has 0 bridgehead atoms. The van der Waals surface area contributed by atoms with Crippen LogP contribution >= 0.6 is 11.3 Å². The number of ether oxygens (including phenoxy) is 1. The van der Waals surface area contributed by atoms with E-state index in [4.69, 9.17) is 9.84 Å². The molecular weight excluding hydrogens is 430 g/mol. The van der Waals surface area contributed by atoms with Gasteiger partial charge in [-0.05, 0) is 12.1 Å². The molecule has 1 aromatic carbocycles. The number of carbonyl (C=O) groups excluding carboxylic acids is 1. The predicted molar refractivity (Wildman–Crippen MR) is 120 cm³/mol. The molecule has 0 atom stereocenters. The molecule has 0 saturated carbocycles. The minimum absolute atomic E-state index is 0.155. The summed E-state index contributed by atoms with van der Waals surface area (Å²) in [7, 11) is 0. The third kappa shape index (κ3) is 3.92. The van der Waals surface area contributed by atoms with Crippen molar-refractivity contribution >= 4 is 50.1 Å². The van der Waals surface area contributed by atoms with Gasteiger partial charge in [-0.2, -0.15) is 0 Å². The number of nitrogens with one attached hydrogen (secondary N) is 1. The van der Waals surface area contributed by atoms with Gasteiger partial charge in [0, 0.05) is 55.2 Å². The van der Waals surface area contributed by atoms with Gasteiger partial charge in [0.15, 0.2) is 0 Å². The number of amides is 2. The van der Waals surface area contributed by atoms with Gasteiger partial charge in [-0.25, -0.2) is 14.8 Å². The van der Waals surface area contributed by atoms with Crippen LogP contribution in [-0.2, 0) is 0 Å². The highest BCUT2D eigenvalue weighted by Gasteiger charge is 2.25. The van der Waals surface area contributed by atoms with Crippen LogP contribution in [0.4, 0.5) is 10.5 Å². The molecule has 0 unspecified atom stereocenters. The van der Waals surface area contributed by atoms with E-state index in [0.29, 0.717) is 48.4 Å². The van der Waals surface area contributed by atoms with E-state index in [0.717, 1.165) is 15.6 Å². The molecule has 9 nitrogen and oxygen atoms in total. The summed E-state index contributed by atoms with van der Waals surface area (Å²) in [5.74, 6) is 0.219. The van der Waals surface area contributed by atoms with E-state index in [-0.39, 0.29) is 12.0 Å². The third-order valence-corrected chi connectivity index (χ3v) is 6.35. The molecule has 4 heterocycles. The van der Waals surface area contributed by atoms with E-state index in [2.05, 4.69) is 20.3 Å². The first-order chi connectivity index (χ1) is 15.6. The standard InChI is InChI=1S/C22H19N5O4S/c28-21(15-11-32-19-10-23-12-25-20(15)19)26-17-8-13-2-1-5-24-16(13)9-18(17)31-14-3-6-27(7-4-14)22(29)30/h1-2,5,8-12,14H,3-4,6-7H2,(H,26,28)(H,29,30). The summed E-state index contributed by atoms with van der Waals surface area (Å²) in [5, 5.41) is 14.8. The number of hydrogen-bond acceptors (Lipinski definition) is 7. The average Bonchev–Trinajstić information content (AvgIpc) is 3.24. The lowest BCUT2D eigenvalue weighted by Crippen LogP contribution is -2.41. The topological polar surface area (TPSA) is 118 Å². The lowest BCUT2D eigenvalue weighted by atomic mass is 10.1. The van der Waals surface area contributed by atoms with E-state index in [1.807, 2.05) is 24.3 Å². The van der Waals surface area contributed by atoms with Crippen LogP contribution in [0, 0.1) is 0 Å².